The summed E-state index contributed by atoms with van der Waals surface area (Å²) < 4.78 is 25.8. The molecule has 2 aromatic carbocycles. The number of benzene rings is 2. The number of aryl methyl sites for hydroxylation is 2. The van der Waals surface area contributed by atoms with Crippen molar-refractivity contribution in [2.75, 3.05) is 22.4 Å². The van der Waals surface area contributed by atoms with Crippen LogP contribution in [0.25, 0.3) is 0 Å². The van der Waals surface area contributed by atoms with E-state index in [1.54, 1.807) is 25.1 Å². The highest BCUT2D eigenvalue weighted by molar-refractivity contribution is 7.92. The first-order valence-corrected chi connectivity index (χ1v) is 10.9. The first-order chi connectivity index (χ1) is 12.6. The molecule has 146 valence electrons. The van der Waals surface area contributed by atoms with Crippen LogP contribution in [-0.2, 0) is 14.8 Å². The molecular weight excluding hydrogens is 384 g/mol. The van der Waals surface area contributed by atoms with Crippen molar-refractivity contribution >= 4 is 38.9 Å². The summed E-state index contributed by atoms with van der Waals surface area (Å²) in [5.41, 5.74) is 4.08. The zero-order chi connectivity index (χ0) is 20.2. The highest BCUT2D eigenvalue weighted by atomic mass is 35.5. The molecule has 0 aromatic heterocycles. The minimum absolute atomic E-state index is 0.139. The number of hydrogen-bond donors (Lipinski definition) is 1. The van der Waals surface area contributed by atoms with Crippen LogP contribution in [-0.4, -0.2) is 27.1 Å². The van der Waals surface area contributed by atoms with Gasteiger partial charge in [0.15, 0.2) is 0 Å². The van der Waals surface area contributed by atoms with Gasteiger partial charge in [0, 0.05) is 23.7 Å². The van der Waals surface area contributed by atoms with E-state index in [1.165, 1.54) is 4.31 Å². The van der Waals surface area contributed by atoms with Crippen molar-refractivity contribution in [2.24, 2.45) is 0 Å². The molecule has 0 saturated carbocycles. The molecular formula is C20H25ClN2O3S. The molecule has 0 bridgehead atoms. The second kappa shape index (κ2) is 8.76. The third kappa shape index (κ3) is 5.71. The predicted octanol–water partition coefficient (Wildman–Crippen LogP) is 4.45. The van der Waals surface area contributed by atoms with Crippen LogP contribution >= 0.6 is 11.6 Å². The van der Waals surface area contributed by atoms with Gasteiger partial charge in [0.2, 0.25) is 15.9 Å². The summed E-state index contributed by atoms with van der Waals surface area (Å²) in [5.74, 6) is -0.139. The van der Waals surface area contributed by atoms with Crippen molar-refractivity contribution in [3.63, 3.8) is 0 Å². The van der Waals surface area contributed by atoms with E-state index in [2.05, 4.69) is 5.32 Å². The Morgan fingerprint density at radius 2 is 1.85 bits per heavy atom. The molecule has 7 heteroatoms. The molecule has 0 aliphatic rings. The summed E-state index contributed by atoms with van der Waals surface area (Å²) in [4.78, 5) is 12.3. The van der Waals surface area contributed by atoms with E-state index < -0.39 is 10.0 Å². The molecule has 1 N–H and O–H groups in total. The Hall–Kier alpha value is -2.05. The fourth-order valence-corrected chi connectivity index (χ4v) is 3.98. The van der Waals surface area contributed by atoms with Gasteiger partial charge in [0.1, 0.15) is 0 Å². The summed E-state index contributed by atoms with van der Waals surface area (Å²) in [5, 5.41) is 3.40. The molecule has 2 aromatic rings. The van der Waals surface area contributed by atoms with Gasteiger partial charge in [-0.3, -0.25) is 9.10 Å². The molecule has 0 spiro atoms. The fourth-order valence-electron chi connectivity index (χ4n) is 2.80. The topological polar surface area (TPSA) is 66.5 Å². The van der Waals surface area contributed by atoms with Crippen molar-refractivity contribution in [3.05, 3.63) is 58.1 Å². The number of anilines is 2. The summed E-state index contributed by atoms with van der Waals surface area (Å²) in [6, 6.07) is 11.0. The minimum Gasteiger partial charge on any atom is -0.326 e. The van der Waals surface area contributed by atoms with Crippen molar-refractivity contribution in [1.29, 1.82) is 0 Å². The number of hydrogen-bond acceptors (Lipinski definition) is 3. The van der Waals surface area contributed by atoms with Gasteiger partial charge in [0.05, 0.1) is 11.9 Å². The zero-order valence-electron chi connectivity index (χ0n) is 16.0. The third-order valence-corrected chi connectivity index (χ3v) is 5.93. The van der Waals surface area contributed by atoms with Crippen LogP contribution in [0.1, 0.15) is 29.5 Å². The number of carbonyl (C=O) groups excluding carboxylic acids is 1. The summed E-state index contributed by atoms with van der Waals surface area (Å²) >= 11 is 6.12. The number of carbonyl (C=O) groups is 1. The number of rotatable bonds is 7. The molecule has 5 nitrogen and oxygen atoms in total. The van der Waals surface area contributed by atoms with E-state index in [0.29, 0.717) is 22.7 Å². The van der Waals surface area contributed by atoms with E-state index in [9.17, 15) is 13.2 Å². The second-order valence-corrected chi connectivity index (χ2v) is 9.00. The normalized spacial score (nSPS) is 11.3. The van der Waals surface area contributed by atoms with Gasteiger partial charge >= 0.3 is 0 Å². The van der Waals surface area contributed by atoms with Crippen LogP contribution in [0.4, 0.5) is 11.4 Å². The van der Waals surface area contributed by atoms with Crippen LogP contribution in [0.5, 0.6) is 0 Å². The van der Waals surface area contributed by atoms with E-state index in [4.69, 9.17) is 11.6 Å². The fraction of sp³-hybridized carbons (Fsp3) is 0.350. The van der Waals surface area contributed by atoms with Gasteiger partial charge in [-0.1, -0.05) is 29.8 Å². The number of halogens is 1. The molecule has 0 heterocycles. The van der Waals surface area contributed by atoms with Gasteiger partial charge < -0.3 is 5.32 Å². The Morgan fingerprint density at radius 3 is 2.52 bits per heavy atom. The highest BCUT2D eigenvalue weighted by Gasteiger charge is 2.20. The molecule has 0 fully saturated rings. The Bertz CT molecular complexity index is 942. The lowest BCUT2D eigenvalue weighted by Crippen LogP contribution is -2.32. The van der Waals surface area contributed by atoms with Crippen molar-refractivity contribution in [1.82, 2.24) is 0 Å². The highest BCUT2D eigenvalue weighted by Crippen LogP contribution is 2.28. The first-order valence-electron chi connectivity index (χ1n) is 8.69. The number of sulfonamides is 1. The Balaban J connectivity index is 2.05. The smallest absolute Gasteiger partial charge is 0.232 e. The molecule has 0 unspecified atom stereocenters. The zero-order valence-corrected chi connectivity index (χ0v) is 17.6. The maximum atomic E-state index is 12.3. The maximum Gasteiger partial charge on any atom is 0.232 e. The quantitative estimate of drug-likeness (QED) is 0.735. The Labute approximate surface area is 166 Å². The molecule has 0 aliphatic carbocycles. The number of amides is 1. The molecule has 0 atom stereocenters. The van der Waals surface area contributed by atoms with Crippen LogP contribution in [0.2, 0.25) is 5.02 Å². The minimum atomic E-state index is -3.48. The summed E-state index contributed by atoms with van der Waals surface area (Å²) in [6.45, 7) is 5.89. The van der Waals surface area contributed by atoms with E-state index >= 15 is 0 Å². The van der Waals surface area contributed by atoms with Crippen LogP contribution in [0.3, 0.4) is 0 Å². The largest absolute Gasteiger partial charge is 0.326 e. The molecule has 0 saturated heterocycles. The third-order valence-electron chi connectivity index (χ3n) is 4.34. The lowest BCUT2D eigenvalue weighted by atomic mass is 10.1. The van der Waals surface area contributed by atoms with Crippen molar-refractivity contribution in [3.8, 4) is 0 Å². The Morgan fingerprint density at radius 1 is 1.15 bits per heavy atom. The van der Waals surface area contributed by atoms with E-state index in [-0.39, 0.29) is 18.9 Å². The molecule has 2 rings (SSSR count). The van der Waals surface area contributed by atoms with Gasteiger partial charge in [-0.25, -0.2) is 8.42 Å². The van der Waals surface area contributed by atoms with Crippen LogP contribution < -0.4 is 9.62 Å². The predicted molar refractivity (Wildman–Crippen MR) is 112 cm³/mol. The lowest BCUT2D eigenvalue weighted by molar-refractivity contribution is -0.116. The van der Waals surface area contributed by atoms with Crippen molar-refractivity contribution < 1.29 is 13.2 Å². The number of nitrogens with zero attached hydrogens (tertiary/aromatic N) is 1. The summed E-state index contributed by atoms with van der Waals surface area (Å²) in [7, 11) is -3.48. The molecule has 1 amide bonds. The van der Waals surface area contributed by atoms with Gasteiger partial charge in [-0.2, -0.15) is 0 Å². The molecule has 0 radical (unpaired) electrons. The molecule has 27 heavy (non-hydrogen) atoms. The van der Waals surface area contributed by atoms with Crippen LogP contribution in [0, 0.1) is 20.8 Å². The second-order valence-electron chi connectivity index (χ2n) is 6.69. The monoisotopic (exact) mass is 408 g/mol. The average molecular weight is 409 g/mol. The van der Waals surface area contributed by atoms with Crippen LogP contribution in [0.15, 0.2) is 36.4 Å². The average Bonchev–Trinajstić information content (AvgIpc) is 2.57. The maximum absolute atomic E-state index is 12.3. The lowest BCUT2D eigenvalue weighted by Gasteiger charge is -2.24. The van der Waals surface area contributed by atoms with Gasteiger partial charge in [0.25, 0.3) is 0 Å². The number of nitrogens with one attached hydrogen (secondary N) is 1. The Kier molecular flexibility index (Phi) is 6.89. The standard InChI is InChI=1S/C20H25ClN2O3S/c1-14-10-11-15(2)18(13-14)22-20(24)9-6-12-23(27(4,25)26)19-8-5-7-17(21)16(19)3/h5,7-8,10-11,13H,6,9,12H2,1-4H3,(H,22,24). The summed E-state index contributed by atoms with van der Waals surface area (Å²) in [6.07, 6.45) is 1.78. The van der Waals surface area contributed by atoms with Gasteiger partial charge in [-0.05, 0) is 62.1 Å². The van der Waals surface area contributed by atoms with E-state index in [0.717, 1.165) is 23.1 Å². The first kappa shape index (κ1) is 21.3. The van der Waals surface area contributed by atoms with E-state index in [1.807, 2.05) is 32.0 Å². The SMILES string of the molecule is Cc1ccc(C)c(NC(=O)CCCN(c2cccc(Cl)c2C)S(C)(=O)=O)c1. The van der Waals surface area contributed by atoms with Gasteiger partial charge in [-0.15, -0.1) is 0 Å². The molecule has 0 aliphatic heterocycles. The van der Waals surface area contributed by atoms with Crippen molar-refractivity contribution in [2.45, 2.75) is 33.6 Å².